The van der Waals surface area contributed by atoms with Gasteiger partial charge in [-0.2, -0.15) is 0 Å². The summed E-state index contributed by atoms with van der Waals surface area (Å²) in [5.41, 5.74) is 0. The van der Waals surface area contributed by atoms with E-state index < -0.39 is 12.2 Å². The zero-order valence-corrected chi connectivity index (χ0v) is 7.52. The minimum absolute atomic E-state index is 0.113. The van der Waals surface area contributed by atoms with E-state index in [-0.39, 0.29) is 11.8 Å². The van der Waals surface area contributed by atoms with Crippen LogP contribution in [0.15, 0.2) is 0 Å². The van der Waals surface area contributed by atoms with Gasteiger partial charge in [-0.3, -0.25) is 4.79 Å². The number of nitrogens with zero attached hydrogens (tertiary/aromatic N) is 1. The average molecular weight is 185 g/mol. The van der Waals surface area contributed by atoms with Crippen LogP contribution >= 0.6 is 0 Å². The van der Waals surface area contributed by atoms with Crippen molar-refractivity contribution in [1.82, 2.24) is 4.90 Å². The lowest BCUT2D eigenvalue weighted by Crippen LogP contribution is -2.38. The highest BCUT2D eigenvalue weighted by atomic mass is 16.3. The van der Waals surface area contributed by atoms with Gasteiger partial charge in [0.15, 0.2) is 0 Å². The third kappa shape index (κ3) is 1.56. The van der Waals surface area contributed by atoms with E-state index in [4.69, 9.17) is 0 Å². The number of hydrogen-bond donors (Lipinski definition) is 2. The molecule has 2 fully saturated rings. The third-order valence-corrected chi connectivity index (χ3v) is 3.03. The first kappa shape index (κ1) is 8.97. The SMILES string of the molecule is O=C(C1CCC1)N1CC(O)C(O)C1. The number of β-amino-alcohol motifs (C(OH)–C–C–N with tert-alkyl or cyclic N) is 2. The fourth-order valence-corrected chi connectivity index (χ4v) is 1.86. The molecule has 2 atom stereocenters. The lowest BCUT2D eigenvalue weighted by Gasteiger charge is -2.28. The van der Waals surface area contributed by atoms with E-state index >= 15 is 0 Å². The largest absolute Gasteiger partial charge is 0.388 e. The summed E-state index contributed by atoms with van der Waals surface area (Å²) in [5, 5.41) is 18.5. The van der Waals surface area contributed by atoms with Gasteiger partial charge in [0.25, 0.3) is 0 Å². The van der Waals surface area contributed by atoms with Gasteiger partial charge in [-0.25, -0.2) is 0 Å². The molecule has 0 aromatic rings. The fraction of sp³-hybridized carbons (Fsp3) is 0.889. The monoisotopic (exact) mass is 185 g/mol. The number of amides is 1. The van der Waals surface area contributed by atoms with Crippen LogP contribution in [0, 0.1) is 5.92 Å². The van der Waals surface area contributed by atoms with Crippen LogP contribution in [0.1, 0.15) is 19.3 Å². The van der Waals surface area contributed by atoms with Crippen LogP contribution in [0.3, 0.4) is 0 Å². The van der Waals surface area contributed by atoms with Gasteiger partial charge in [0, 0.05) is 19.0 Å². The van der Waals surface area contributed by atoms with E-state index in [9.17, 15) is 15.0 Å². The maximum atomic E-state index is 11.6. The molecule has 74 valence electrons. The first-order valence-electron chi connectivity index (χ1n) is 4.83. The quantitative estimate of drug-likeness (QED) is 0.570. The Bertz CT molecular complexity index is 205. The number of aliphatic hydroxyl groups excluding tert-OH is 2. The molecule has 13 heavy (non-hydrogen) atoms. The Kier molecular flexibility index (Phi) is 2.26. The van der Waals surface area contributed by atoms with Gasteiger partial charge in [-0.15, -0.1) is 0 Å². The molecule has 2 aliphatic rings. The molecule has 0 aromatic heterocycles. The molecule has 1 saturated heterocycles. The van der Waals surface area contributed by atoms with Gasteiger partial charge in [0.05, 0.1) is 12.2 Å². The normalized spacial score (nSPS) is 34.8. The van der Waals surface area contributed by atoms with Crippen LogP contribution in [0.2, 0.25) is 0 Å². The molecule has 0 bridgehead atoms. The molecule has 1 aliphatic carbocycles. The van der Waals surface area contributed by atoms with Crippen molar-refractivity contribution in [1.29, 1.82) is 0 Å². The highest BCUT2D eigenvalue weighted by Gasteiger charge is 2.37. The van der Waals surface area contributed by atoms with Crippen molar-refractivity contribution >= 4 is 5.91 Å². The van der Waals surface area contributed by atoms with Crippen molar-refractivity contribution < 1.29 is 15.0 Å². The molecule has 2 N–H and O–H groups in total. The molecule has 1 saturated carbocycles. The van der Waals surface area contributed by atoms with Crippen molar-refractivity contribution in [3.8, 4) is 0 Å². The lowest BCUT2D eigenvalue weighted by molar-refractivity contribution is -0.137. The second kappa shape index (κ2) is 3.27. The molecule has 1 aliphatic heterocycles. The predicted molar refractivity (Wildman–Crippen MR) is 45.9 cm³/mol. The molecule has 2 rings (SSSR count). The number of likely N-dealkylation sites (tertiary alicyclic amines) is 1. The molecular weight excluding hydrogens is 170 g/mol. The van der Waals surface area contributed by atoms with Gasteiger partial charge in [0.2, 0.25) is 5.91 Å². The second-order valence-electron chi connectivity index (χ2n) is 4.01. The Hall–Kier alpha value is -0.610. The molecule has 0 radical (unpaired) electrons. The standard InChI is InChI=1S/C9H15NO3/c11-7-4-10(5-8(7)12)9(13)6-2-1-3-6/h6-8,11-12H,1-5H2. The van der Waals surface area contributed by atoms with Crippen LogP contribution in [-0.2, 0) is 4.79 Å². The number of aliphatic hydroxyl groups is 2. The number of carbonyl (C=O) groups excluding carboxylic acids is 1. The van der Waals surface area contributed by atoms with Crippen molar-refractivity contribution in [2.45, 2.75) is 31.5 Å². The zero-order chi connectivity index (χ0) is 9.42. The maximum Gasteiger partial charge on any atom is 0.225 e. The minimum atomic E-state index is -0.746. The molecule has 0 spiro atoms. The topological polar surface area (TPSA) is 60.8 Å². The smallest absolute Gasteiger partial charge is 0.225 e. The van der Waals surface area contributed by atoms with E-state index in [0.717, 1.165) is 19.3 Å². The fourth-order valence-electron chi connectivity index (χ4n) is 1.86. The van der Waals surface area contributed by atoms with E-state index in [1.165, 1.54) is 0 Å². The molecule has 1 heterocycles. The van der Waals surface area contributed by atoms with Crippen molar-refractivity contribution in [2.24, 2.45) is 5.92 Å². The summed E-state index contributed by atoms with van der Waals surface area (Å²) in [5.74, 6) is 0.277. The second-order valence-corrected chi connectivity index (χ2v) is 4.01. The predicted octanol–water partition coefficient (Wildman–Crippen LogP) is -0.650. The van der Waals surface area contributed by atoms with Gasteiger partial charge >= 0.3 is 0 Å². The summed E-state index contributed by atoms with van der Waals surface area (Å²) in [6.45, 7) is 0.604. The van der Waals surface area contributed by atoms with Crippen LogP contribution in [-0.4, -0.2) is 46.3 Å². The zero-order valence-electron chi connectivity index (χ0n) is 7.52. The summed E-state index contributed by atoms with van der Waals surface area (Å²) in [4.78, 5) is 13.2. The Morgan fingerprint density at radius 1 is 1.15 bits per heavy atom. The summed E-state index contributed by atoms with van der Waals surface area (Å²) >= 11 is 0. The Balaban J connectivity index is 1.91. The van der Waals surface area contributed by atoms with Gasteiger partial charge in [-0.05, 0) is 12.8 Å². The Labute approximate surface area is 77.2 Å². The van der Waals surface area contributed by atoms with Gasteiger partial charge < -0.3 is 15.1 Å². The summed E-state index contributed by atoms with van der Waals surface area (Å²) in [6.07, 6.45) is 1.59. The Morgan fingerprint density at radius 3 is 2.08 bits per heavy atom. The third-order valence-electron chi connectivity index (χ3n) is 3.03. The molecule has 4 heteroatoms. The van der Waals surface area contributed by atoms with Gasteiger partial charge in [0.1, 0.15) is 0 Å². The average Bonchev–Trinajstić information content (AvgIpc) is 2.28. The van der Waals surface area contributed by atoms with Gasteiger partial charge in [-0.1, -0.05) is 6.42 Å². The van der Waals surface area contributed by atoms with Crippen LogP contribution in [0.5, 0.6) is 0 Å². The van der Waals surface area contributed by atoms with Crippen LogP contribution in [0.4, 0.5) is 0 Å². The molecule has 2 unspecified atom stereocenters. The Morgan fingerprint density at radius 2 is 1.69 bits per heavy atom. The highest BCUT2D eigenvalue weighted by molar-refractivity contribution is 5.80. The number of rotatable bonds is 1. The summed E-state index contributed by atoms with van der Waals surface area (Å²) < 4.78 is 0. The first-order chi connectivity index (χ1) is 6.18. The van der Waals surface area contributed by atoms with Crippen LogP contribution < -0.4 is 0 Å². The first-order valence-corrected chi connectivity index (χ1v) is 4.83. The number of carbonyl (C=O) groups is 1. The molecule has 1 amide bonds. The summed E-state index contributed by atoms with van der Waals surface area (Å²) in [7, 11) is 0. The highest BCUT2D eigenvalue weighted by Crippen LogP contribution is 2.29. The lowest BCUT2D eigenvalue weighted by atomic mass is 9.84. The van der Waals surface area contributed by atoms with Crippen LogP contribution in [0.25, 0.3) is 0 Å². The van der Waals surface area contributed by atoms with Crippen molar-refractivity contribution in [3.05, 3.63) is 0 Å². The summed E-state index contributed by atoms with van der Waals surface area (Å²) in [6, 6.07) is 0. The molecular formula is C9H15NO3. The van der Waals surface area contributed by atoms with E-state index in [1.54, 1.807) is 4.90 Å². The van der Waals surface area contributed by atoms with E-state index in [0.29, 0.717) is 13.1 Å². The van der Waals surface area contributed by atoms with E-state index in [1.807, 2.05) is 0 Å². The van der Waals surface area contributed by atoms with E-state index in [2.05, 4.69) is 0 Å². The molecule has 4 nitrogen and oxygen atoms in total. The van der Waals surface area contributed by atoms with Crippen molar-refractivity contribution in [2.75, 3.05) is 13.1 Å². The van der Waals surface area contributed by atoms with Crippen molar-refractivity contribution in [3.63, 3.8) is 0 Å². The maximum absolute atomic E-state index is 11.6. The minimum Gasteiger partial charge on any atom is -0.388 e. The molecule has 0 aromatic carbocycles. The number of hydrogen-bond acceptors (Lipinski definition) is 3.